The fraction of sp³-hybridized carbons (Fsp3) is 0.391. The molecule has 0 radical (unpaired) electrons. The summed E-state index contributed by atoms with van der Waals surface area (Å²) in [6.07, 6.45) is -0.362. The molecule has 0 saturated carbocycles. The molecule has 1 aromatic heterocycles. The molecule has 2 fully saturated rings. The second kappa shape index (κ2) is 9.79. The molecule has 1 N–H and O–H groups in total. The van der Waals surface area contributed by atoms with Crippen LogP contribution in [-0.4, -0.2) is 68.0 Å². The van der Waals surface area contributed by atoms with Crippen molar-refractivity contribution in [3.8, 4) is 16.9 Å². The van der Waals surface area contributed by atoms with E-state index in [-0.39, 0.29) is 23.2 Å². The van der Waals surface area contributed by atoms with Gasteiger partial charge in [-0.15, -0.1) is 0 Å². The van der Waals surface area contributed by atoms with Crippen molar-refractivity contribution in [2.24, 2.45) is 0 Å². The van der Waals surface area contributed by atoms with Crippen molar-refractivity contribution in [1.82, 2.24) is 14.8 Å². The Morgan fingerprint density at radius 1 is 1.18 bits per heavy atom. The maximum atomic E-state index is 15.1. The largest absolute Gasteiger partial charge is 0.435 e. The standard InChI is InChI=1S/C23H19F7N4O5S/c1-2-40(36,37)32-16-9-34-17(23(16,29)30)3-4-33(22(34)35)20-19-12(18-13(25)5-10(24)6-14(18)26)7-11(38-21(27)28)8-15(19)39-31-20/h5-8,16-17,21,32H,2-4,9H2,1H3/t16-,17-/m1/s1. The van der Waals surface area contributed by atoms with Crippen molar-refractivity contribution in [1.29, 1.82) is 0 Å². The average Bonchev–Trinajstić information content (AvgIpc) is 3.37. The maximum absolute atomic E-state index is 15.1. The van der Waals surface area contributed by atoms with Gasteiger partial charge in [0.2, 0.25) is 10.0 Å². The molecule has 2 aromatic carbocycles. The van der Waals surface area contributed by atoms with Gasteiger partial charge < -0.3 is 14.2 Å². The number of anilines is 1. The summed E-state index contributed by atoms with van der Waals surface area (Å²) in [6, 6.07) is -2.20. The third-order valence-electron chi connectivity index (χ3n) is 6.76. The van der Waals surface area contributed by atoms with Gasteiger partial charge in [0.25, 0.3) is 5.92 Å². The third-order valence-corrected chi connectivity index (χ3v) is 8.16. The summed E-state index contributed by atoms with van der Waals surface area (Å²) in [5.41, 5.74) is -1.73. The Bertz CT molecular complexity index is 1580. The third kappa shape index (κ3) is 4.70. The lowest BCUT2D eigenvalue weighted by Crippen LogP contribution is -2.56. The molecule has 5 rings (SSSR count). The van der Waals surface area contributed by atoms with E-state index < -0.39 is 93.8 Å². The van der Waals surface area contributed by atoms with Crippen molar-refractivity contribution in [3.05, 3.63) is 41.7 Å². The summed E-state index contributed by atoms with van der Waals surface area (Å²) in [5, 5.41) is 3.47. The second-order valence-corrected chi connectivity index (χ2v) is 11.2. The van der Waals surface area contributed by atoms with Crippen LogP contribution in [0.15, 0.2) is 28.8 Å². The van der Waals surface area contributed by atoms with Gasteiger partial charge in [0, 0.05) is 36.9 Å². The Balaban J connectivity index is 1.60. The fourth-order valence-corrected chi connectivity index (χ4v) is 5.77. The number of hydrogen-bond acceptors (Lipinski definition) is 6. The van der Waals surface area contributed by atoms with Crippen LogP contribution in [0.3, 0.4) is 0 Å². The van der Waals surface area contributed by atoms with Gasteiger partial charge >= 0.3 is 12.6 Å². The molecular formula is C23H19F7N4O5S. The second-order valence-electron chi connectivity index (χ2n) is 9.11. The SMILES string of the molecule is CCS(=O)(=O)N[C@@H]1CN2C(=O)N(c3noc4cc(OC(F)F)cc(-c5c(F)cc(F)cc5F)c34)CC[C@@H]2C1(F)F. The molecular weight excluding hydrogens is 577 g/mol. The van der Waals surface area contributed by atoms with E-state index in [0.717, 1.165) is 21.9 Å². The van der Waals surface area contributed by atoms with Crippen LogP contribution in [0, 0.1) is 17.5 Å². The van der Waals surface area contributed by atoms with Crippen molar-refractivity contribution < 1.29 is 53.2 Å². The summed E-state index contributed by atoms with van der Waals surface area (Å²) < 4.78 is 135. The first kappa shape index (κ1) is 27.9. The Labute approximate surface area is 221 Å². The van der Waals surface area contributed by atoms with Gasteiger partial charge in [-0.25, -0.2) is 39.9 Å². The minimum absolute atomic E-state index is 0.271. The number of rotatable bonds is 7. The molecule has 2 saturated heterocycles. The number of benzene rings is 2. The highest BCUT2D eigenvalue weighted by molar-refractivity contribution is 7.89. The number of amides is 2. The van der Waals surface area contributed by atoms with Gasteiger partial charge in [0.15, 0.2) is 11.4 Å². The zero-order valence-corrected chi connectivity index (χ0v) is 21.1. The van der Waals surface area contributed by atoms with Crippen LogP contribution in [0.4, 0.5) is 41.3 Å². The summed E-state index contributed by atoms with van der Waals surface area (Å²) in [4.78, 5) is 15.0. The maximum Gasteiger partial charge on any atom is 0.387 e. The molecule has 2 atom stereocenters. The number of carbonyl (C=O) groups is 1. The molecule has 0 bridgehead atoms. The molecule has 0 aliphatic carbocycles. The molecule has 2 aliphatic heterocycles. The monoisotopic (exact) mass is 596 g/mol. The van der Waals surface area contributed by atoms with E-state index in [1.165, 1.54) is 6.92 Å². The predicted octanol–water partition coefficient (Wildman–Crippen LogP) is 4.47. The minimum Gasteiger partial charge on any atom is -0.435 e. The van der Waals surface area contributed by atoms with Crippen LogP contribution in [0.25, 0.3) is 22.1 Å². The van der Waals surface area contributed by atoms with Crippen LogP contribution in [0.5, 0.6) is 5.75 Å². The van der Waals surface area contributed by atoms with Crippen molar-refractivity contribution in [2.75, 3.05) is 23.7 Å². The zero-order valence-electron chi connectivity index (χ0n) is 20.3. The molecule has 2 amide bonds. The summed E-state index contributed by atoms with van der Waals surface area (Å²) in [7, 11) is -4.05. The first-order valence-electron chi connectivity index (χ1n) is 11.7. The Kier molecular flexibility index (Phi) is 6.84. The van der Waals surface area contributed by atoms with E-state index in [9.17, 15) is 35.2 Å². The number of aromatic nitrogens is 1. The van der Waals surface area contributed by atoms with Gasteiger partial charge in [-0.1, -0.05) is 5.16 Å². The van der Waals surface area contributed by atoms with E-state index in [1.807, 2.05) is 4.72 Å². The number of nitrogens with zero attached hydrogens (tertiary/aromatic N) is 3. The molecule has 0 unspecified atom stereocenters. The first-order chi connectivity index (χ1) is 18.7. The number of carbonyl (C=O) groups excluding carboxylic acids is 1. The fourth-order valence-electron chi connectivity index (χ4n) is 4.94. The smallest absolute Gasteiger partial charge is 0.387 e. The van der Waals surface area contributed by atoms with Crippen LogP contribution in [0.1, 0.15) is 13.3 Å². The molecule has 0 spiro atoms. The minimum atomic E-state index is -4.05. The Hall–Kier alpha value is -3.60. The van der Waals surface area contributed by atoms with Crippen molar-refractivity contribution in [3.63, 3.8) is 0 Å². The molecule has 40 heavy (non-hydrogen) atoms. The lowest BCUT2D eigenvalue weighted by atomic mass is 9.99. The summed E-state index contributed by atoms with van der Waals surface area (Å²) in [6.45, 7) is -3.17. The van der Waals surface area contributed by atoms with E-state index in [1.54, 1.807) is 0 Å². The van der Waals surface area contributed by atoms with E-state index in [0.29, 0.717) is 12.1 Å². The van der Waals surface area contributed by atoms with Gasteiger partial charge in [-0.05, 0) is 19.4 Å². The molecule has 216 valence electrons. The number of ether oxygens (including phenoxy) is 1. The van der Waals surface area contributed by atoms with Gasteiger partial charge in [-0.2, -0.15) is 8.78 Å². The zero-order chi connectivity index (χ0) is 29.1. The van der Waals surface area contributed by atoms with Gasteiger partial charge in [0.1, 0.15) is 35.3 Å². The number of halogens is 7. The number of alkyl halides is 4. The summed E-state index contributed by atoms with van der Waals surface area (Å²) >= 11 is 0. The molecule has 2 aliphatic rings. The van der Waals surface area contributed by atoms with Crippen LogP contribution < -0.4 is 14.4 Å². The number of hydrogen-bond donors (Lipinski definition) is 1. The lowest BCUT2D eigenvalue weighted by Gasteiger charge is -2.37. The highest BCUT2D eigenvalue weighted by atomic mass is 32.2. The molecule has 3 aromatic rings. The normalized spacial score (nSPS) is 21.0. The first-order valence-corrected chi connectivity index (χ1v) is 13.4. The van der Waals surface area contributed by atoms with Crippen LogP contribution in [0.2, 0.25) is 0 Å². The van der Waals surface area contributed by atoms with Gasteiger partial charge in [0.05, 0.1) is 16.7 Å². The number of sulfonamides is 1. The van der Waals surface area contributed by atoms with Crippen molar-refractivity contribution in [2.45, 2.75) is 38.0 Å². The highest BCUT2D eigenvalue weighted by Crippen LogP contribution is 2.44. The van der Waals surface area contributed by atoms with E-state index in [4.69, 9.17) is 4.52 Å². The average molecular weight is 596 g/mol. The van der Waals surface area contributed by atoms with E-state index in [2.05, 4.69) is 9.89 Å². The Morgan fingerprint density at radius 3 is 2.48 bits per heavy atom. The quantitative estimate of drug-likeness (QED) is 0.404. The van der Waals surface area contributed by atoms with Crippen LogP contribution >= 0.6 is 0 Å². The summed E-state index contributed by atoms with van der Waals surface area (Å²) in [5.74, 6) is -9.18. The number of nitrogens with one attached hydrogen (secondary N) is 1. The molecule has 9 nitrogen and oxygen atoms in total. The van der Waals surface area contributed by atoms with Crippen molar-refractivity contribution >= 4 is 32.8 Å². The Morgan fingerprint density at radius 2 is 1.85 bits per heavy atom. The predicted molar refractivity (Wildman–Crippen MR) is 125 cm³/mol. The van der Waals surface area contributed by atoms with Gasteiger partial charge in [-0.3, -0.25) is 4.90 Å². The lowest BCUT2D eigenvalue weighted by molar-refractivity contribution is -0.0497. The molecule has 3 heterocycles. The number of urea groups is 1. The van der Waals surface area contributed by atoms with E-state index >= 15 is 8.78 Å². The van der Waals surface area contributed by atoms with Crippen LogP contribution in [-0.2, 0) is 10.0 Å². The topological polar surface area (TPSA) is 105 Å². The number of fused-ring (bicyclic) bond motifs is 2. The molecule has 17 heteroatoms. The highest BCUT2D eigenvalue weighted by Gasteiger charge is 2.60.